The highest BCUT2D eigenvalue weighted by Gasteiger charge is 2.41. The first-order chi connectivity index (χ1) is 9.13. The number of rotatable bonds is 4. The van der Waals surface area contributed by atoms with E-state index in [0.717, 1.165) is 19.4 Å². The summed E-state index contributed by atoms with van der Waals surface area (Å²) in [4.78, 5) is 27.4. The van der Waals surface area contributed by atoms with Gasteiger partial charge in [-0.05, 0) is 19.4 Å². The first-order valence-electron chi connectivity index (χ1n) is 6.76. The van der Waals surface area contributed by atoms with Crippen molar-refractivity contribution in [1.29, 1.82) is 5.26 Å². The fourth-order valence-corrected chi connectivity index (χ4v) is 2.87. The number of carbonyl (C=O) groups is 2. The van der Waals surface area contributed by atoms with E-state index in [-0.39, 0.29) is 23.8 Å². The second-order valence-electron chi connectivity index (χ2n) is 5.26. The third-order valence-corrected chi connectivity index (χ3v) is 4.04. The van der Waals surface area contributed by atoms with Gasteiger partial charge in [0.2, 0.25) is 11.8 Å². The summed E-state index contributed by atoms with van der Waals surface area (Å²) in [6.07, 6.45) is 2.24. The molecule has 2 atom stereocenters. The van der Waals surface area contributed by atoms with Gasteiger partial charge in [-0.1, -0.05) is 0 Å². The first kappa shape index (κ1) is 13.8. The lowest BCUT2D eigenvalue weighted by Crippen LogP contribution is -2.49. The minimum atomic E-state index is 0.0234. The Balaban J connectivity index is 1.90. The maximum Gasteiger partial charge on any atom is 0.236 e. The van der Waals surface area contributed by atoms with Crippen molar-refractivity contribution in [3.05, 3.63) is 0 Å². The van der Waals surface area contributed by atoms with E-state index >= 15 is 0 Å². The summed E-state index contributed by atoms with van der Waals surface area (Å²) in [5.41, 5.74) is 0. The molecule has 0 radical (unpaired) electrons. The Morgan fingerprint density at radius 1 is 1.63 bits per heavy atom. The Kier molecular flexibility index (Phi) is 4.38. The van der Waals surface area contributed by atoms with E-state index in [1.54, 1.807) is 11.9 Å². The SMILES string of the molecule is CN(CCC#N)C(=O)CN1CCCC2C(=O)NCC21. The van der Waals surface area contributed by atoms with Crippen molar-refractivity contribution in [2.24, 2.45) is 5.92 Å². The van der Waals surface area contributed by atoms with E-state index in [2.05, 4.69) is 10.2 Å². The molecule has 0 aromatic rings. The Morgan fingerprint density at radius 2 is 2.42 bits per heavy atom. The molecule has 0 saturated carbocycles. The van der Waals surface area contributed by atoms with Crippen molar-refractivity contribution in [2.45, 2.75) is 25.3 Å². The molecule has 2 rings (SSSR count). The molecule has 2 heterocycles. The zero-order valence-corrected chi connectivity index (χ0v) is 11.3. The van der Waals surface area contributed by atoms with Crippen LogP contribution in [-0.4, -0.2) is 60.9 Å². The van der Waals surface area contributed by atoms with Gasteiger partial charge in [0.05, 0.1) is 25.0 Å². The summed E-state index contributed by atoms with van der Waals surface area (Å²) in [6.45, 7) is 2.33. The van der Waals surface area contributed by atoms with Crippen LogP contribution in [0.15, 0.2) is 0 Å². The Bertz CT molecular complexity index is 404. The molecular formula is C13H20N4O2. The standard InChI is InChI=1S/C13H20N4O2/c1-16(6-3-5-14)12(18)9-17-7-2-4-10-11(17)8-15-13(10)19/h10-11H,2-4,6-9H2,1H3,(H,15,19). The van der Waals surface area contributed by atoms with E-state index < -0.39 is 0 Å². The molecule has 2 unspecified atom stereocenters. The zero-order valence-electron chi connectivity index (χ0n) is 11.3. The third-order valence-electron chi connectivity index (χ3n) is 4.04. The van der Waals surface area contributed by atoms with Gasteiger partial charge < -0.3 is 10.2 Å². The topological polar surface area (TPSA) is 76.4 Å². The number of nitrogens with zero attached hydrogens (tertiary/aromatic N) is 3. The van der Waals surface area contributed by atoms with Gasteiger partial charge in [0, 0.05) is 26.2 Å². The zero-order chi connectivity index (χ0) is 13.8. The highest BCUT2D eigenvalue weighted by atomic mass is 16.2. The van der Waals surface area contributed by atoms with Crippen LogP contribution in [0.5, 0.6) is 0 Å². The highest BCUT2D eigenvalue weighted by molar-refractivity contribution is 5.82. The number of likely N-dealkylation sites (tertiary alicyclic amines) is 1. The Morgan fingerprint density at radius 3 is 3.16 bits per heavy atom. The normalized spacial score (nSPS) is 26.4. The highest BCUT2D eigenvalue weighted by Crippen LogP contribution is 2.27. The molecule has 2 amide bonds. The largest absolute Gasteiger partial charge is 0.354 e. The molecule has 19 heavy (non-hydrogen) atoms. The number of nitriles is 1. The van der Waals surface area contributed by atoms with Crippen molar-refractivity contribution >= 4 is 11.8 Å². The minimum Gasteiger partial charge on any atom is -0.354 e. The molecular weight excluding hydrogens is 244 g/mol. The van der Waals surface area contributed by atoms with Gasteiger partial charge >= 0.3 is 0 Å². The average Bonchev–Trinajstić information content (AvgIpc) is 2.79. The van der Waals surface area contributed by atoms with Gasteiger partial charge in [0.15, 0.2) is 0 Å². The van der Waals surface area contributed by atoms with E-state index in [9.17, 15) is 9.59 Å². The number of carbonyl (C=O) groups excluding carboxylic acids is 2. The molecule has 2 saturated heterocycles. The maximum absolute atomic E-state index is 12.1. The second-order valence-corrected chi connectivity index (χ2v) is 5.26. The lowest BCUT2D eigenvalue weighted by atomic mass is 9.91. The molecule has 2 aliphatic rings. The summed E-state index contributed by atoms with van der Waals surface area (Å²) in [5.74, 6) is 0.196. The van der Waals surface area contributed by atoms with Crippen molar-refractivity contribution in [2.75, 3.05) is 33.2 Å². The number of hydrogen-bond acceptors (Lipinski definition) is 4. The van der Waals surface area contributed by atoms with Crippen molar-refractivity contribution in [1.82, 2.24) is 15.1 Å². The average molecular weight is 264 g/mol. The molecule has 2 aliphatic heterocycles. The number of piperidine rings is 1. The third kappa shape index (κ3) is 3.04. The number of amides is 2. The number of nitrogens with one attached hydrogen (secondary N) is 1. The molecule has 6 heteroatoms. The molecule has 6 nitrogen and oxygen atoms in total. The van der Waals surface area contributed by atoms with Crippen LogP contribution in [0.4, 0.5) is 0 Å². The minimum absolute atomic E-state index is 0.0234. The lowest BCUT2D eigenvalue weighted by Gasteiger charge is -2.36. The number of fused-ring (bicyclic) bond motifs is 1. The quantitative estimate of drug-likeness (QED) is 0.747. The molecule has 1 N–H and O–H groups in total. The van der Waals surface area contributed by atoms with E-state index in [1.807, 2.05) is 6.07 Å². The molecule has 0 aromatic carbocycles. The predicted octanol–water partition coefficient (Wildman–Crippen LogP) is -0.431. The van der Waals surface area contributed by atoms with Crippen LogP contribution in [0.2, 0.25) is 0 Å². The number of likely N-dealkylation sites (N-methyl/N-ethyl adjacent to an activating group) is 1. The van der Waals surface area contributed by atoms with Gasteiger partial charge in [-0.25, -0.2) is 0 Å². The van der Waals surface area contributed by atoms with Crippen LogP contribution in [-0.2, 0) is 9.59 Å². The summed E-state index contributed by atoms with van der Waals surface area (Å²) >= 11 is 0. The Hall–Kier alpha value is -1.61. The van der Waals surface area contributed by atoms with Crippen molar-refractivity contribution in [3.63, 3.8) is 0 Å². The van der Waals surface area contributed by atoms with Crippen LogP contribution in [0.3, 0.4) is 0 Å². The molecule has 0 aromatic heterocycles. The van der Waals surface area contributed by atoms with Gasteiger partial charge in [0.1, 0.15) is 0 Å². The Labute approximate surface area is 113 Å². The van der Waals surface area contributed by atoms with Crippen molar-refractivity contribution in [3.8, 4) is 6.07 Å². The van der Waals surface area contributed by atoms with Crippen LogP contribution in [0.25, 0.3) is 0 Å². The van der Waals surface area contributed by atoms with Gasteiger partial charge in [-0.3, -0.25) is 14.5 Å². The molecule has 0 bridgehead atoms. The van der Waals surface area contributed by atoms with E-state index in [4.69, 9.17) is 5.26 Å². The van der Waals surface area contributed by atoms with E-state index in [0.29, 0.717) is 26.1 Å². The summed E-state index contributed by atoms with van der Waals surface area (Å²) in [7, 11) is 1.72. The second kappa shape index (κ2) is 6.02. The van der Waals surface area contributed by atoms with Crippen LogP contribution < -0.4 is 5.32 Å². The van der Waals surface area contributed by atoms with Crippen molar-refractivity contribution < 1.29 is 9.59 Å². The van der Waals surface area contributed by atoms with Crippen LogP contribution in [0.1, 0.15) is 19.3 Å². The van der Waals surface area contributed by atoms with Gasteiger partial charge in [-0.15, -0.1) is 0 Å². The first-order valence-corrected chi connectivity index (χ1v) is 6.76. The maximum atomic E-state index is 12.1. The predicted molar refractivity (Wildman–Crippen MR) is 69.0 cm³/mol. The van der Waals surface area contributed by atoms with E-state index in [1.165, 1.54) is 0 Å². The van der Waals surface area contributed by atoms with Crippen LogP contribution in [0, 0.1) is 17.2 Å². The molecule has 0 spiro atoms. The summed E-state index contributed by atoms with van der Waals surface area (Å²) < 4.78 is 0. The monoisotopic (exact) mass is 264 g/mol. The molecule has 2 fully saturated rings. The summed E-state index contributed by atoms with van der Waals surface area (Å²) in [5, 5.41) is 11.4. The van der Waals surface area contributed by atoms with Gasteiger partial charge in [-0.2, -0.15) is 5.26 Å². The van der Waals surface area contributed by atoms with Crippen LogP contribution >= 0.6 is 0 Å². The molecule has 0 aliphatic carbocycles. The fourth-order valence-electron chi connectivity index (χ4n) is 2.87. The van der Waals surface area contributed by atoms with Gasteiger partial charge in [0.25, 0.3) is 0 Å². The number of hydrogen-bond donors (Lipinski definition) is 1. The lowest BCUT2D eigenvalue weighted by molar-refractivity contribution is -0.133. The smallest absolute Gasteiger partial charge is 0.236 e. The molecule has 104 valence electrons. The fraction of sp³-hybridized carbons (Fsp3) is 0.769. The summed E-state index contributed by atoms with van der Waals surface area (Å²) in [6, 6.07) is 2.20.